The highest BCUT2D eigenvalue weighted by Gasteiger charge is 2.18. The maximum absolute atomic E-state index is 12.6. The standard InChI is InChI=1S/C22H14N2O10S/c25-17(23-13-5-9(19(27)28)3-10(6-13)20(29)30)15-1-2-16(35-15)18(26)24-14-7-11(21(31)32)4-12(8-14)22(33)34/h1-8H,(H,23,25)(H,24,26)(H,27,28)(H,29,30)(H,31,32)(H,33,34). The second-order valence-corrected chi connectivity index (χ2v) is 7.97. The van der Waals surface area contributed by atoms with E-state index < -0.39 is 35.7 Å². The molecule has 3 aromatic rings. The number of carboxylic acids is 4. The molecule has 0 aliphatic carbocycles. The molecular formula is C22H14N2O10S. The molecule has 35 heavy (non-hydrogen) atoms. The smallest absolute Gasteiger partial charge is 0.335 e. The minimum atomic E-state index is -1.39. The highest BCUT2D eigenvalue weighted by atomic mass is 32.1. The third-order valence-electron chi connectivity index (χ3n) is 4.42. The summed E-state index contributed by atoms with van der Waals surface area (Å²) in [6, 6.07) is 8.75. The van der Waals surface area contributed by atoms with Crippen molar-refractivity contribution in [1.29, 1.82) is 0 Å². The van der Waals surface area contributed by atoms with Crippen molar-refractivity contribution in [3.8, 4) is 0 Å². The van der Waals surface area contributed by atoms with Crippen LogP contribution in [0.4, 0.5) is 11.4 Å². The number of rotatable bonds is 8. The maximum Gasteiger partial charge on any atom is 0.335 e. The van der Waals surface area contributed by atoms with Gasteiger partial charge in [-0.2, -0.15) is 0 Å². The Morgan fingerprint density at radius 2 is 0.800 bits per heavy atom. The highest BCUT2D eigenvalue weighted by Crippen LogP contribution is 2.23. The van der Waals surface area contributed by atoms with Crippen LogP contribution in [0, 0.1) is 0 Å². The zero-order valence-corrected chi connectivity index (χ0v) is 18.1. The zero-order chi connectivity index (χ0) is 25.9. The van der Waals surface area contributed by atoms with E-state index in [1.165, 1.54) is 12.1 Å². The van der Waals surface area contributed by atoms with Crippen LogP contribution in [0.15, 0.2) is 48.5 Å². The molecule has 0 aliphatic rings. The van der Waals surface area contributed by atoms with Gasteiger partial charge in [0, 0.05) is 11.4 Å². The van der Waals surface area contributed by atoms with Crippen molar-refractivity contribution >= 4 is 58.4 Å². The predicted octanol–water partition coefficient (Wildman–Crippen LogP) is 3.05. The Kier molecular flexibility index (Phi) is 6.92. The number of carboxylic acid groups (broad SMARTS) is 4. The van der Waals surface area contributed by atoms with Crippen molar-refractivity contribution < 1.29 is 49.2 Å². The lowest BCUT2D eigenvalue weighted by atomic mass is 10.1. The maximum atomic E-state index is 12.6. The Labute approximate surface area is 199 Å². The SMILES string of the molecule is O=C(O)c1cc(NC(=O)c2ccc(C(=O)Nc3cc(C(=O)O)cc(C(=O)O)c3)s2)cc(C(=O)O)c1. The summed E-state index contributed by atoms with van der Waals surface area (Å²) in [4.78, 5) is 70.0. The lowest BCUT2D eigenvalue weighted by Crippen LogP contribution is -2.13. The molecule has 13 heteroatoms. The molecule has 0 radical (unpaired) electrons. The summed E-state index contributed by atoms with van der Waals surface area (Å²) in [5, 5.41) is 41.3. The first kappa shape index (κ1) is 24.6. The topological polar surface area (TPSA) is 207 Å². The predicted molar refractivity (Wildman–Crippen MR) is 121 cm³/mol. The molecule has 1 heterocycles. The Morgan fingerprint density at radius 1 is 0.514 bits per heavy atom. The van der Waals surface area contributed by atoms with Gasteiger partial charge in [0.15, 0.2) is 0 Å². The van der Waals surface area contributed by atoms with Gasteiger partial charge < -0.3 is 31.1 Å². The minimum absolute atomic E-state index is 0.0262. The fourth-order valence-electron chi connectivity index (χ4n) is 2.86. The van der Waals surface area contributed by atoms with E-state index >= 15 is 0 Å². The monoisotopic (exact) mass is 498 g/mol. The molecule has 0 unspecified atom stereocenters. The van der Waals surface area contributed by atoms with Gasteiger partial charge in [0.1, 0.15) is 0 Å². The summed E-state index contributed by atoms with van der Waals surface area (Å²) in [5.74, 6) is -7.05. The Hall–Kier alpha value is -5.04. The molecule has 6 N–H and O–H groups in total. The molecular weight excluding hydrogens is 484 g/mol. The fourth-order valence-corrected chi connectivity index (χ4v) is 3.66. The molecule has 1 aromatic heterocycles. The molecule has 0 aliphatic heterocycles. The average molecular weight is 498 g/mol. The number of anilines is 2. The fraction of sp³-hybridized carbons (Fsp3) is 0. The van der Waals surface area contributed by atoms with Gasteiger partial charge in [0.25, 0.3) is 11.8 Å². The van der Waals surface area contributed by atoms with E-state index in [4.69, 9.17) is 20.4 Å². The van der Waals surface area contributed by atoms with E-state index in [1.54, 1.807) is 0 Å². The average Bonchev–Trinajstić information content (AvgIpc) is 3.29. The number of thiophene rings is 1. The van der Waals surface area contributed by atoms with Gasteiger partial charge in [-0.05, 0) is 48.5 Å². The van der Waals surface area contributed by atoms with E-state index in [9.17, 15) is 28.8 Å². The first-order valence-corrected chi connectivity index (χ1v) is 10.2. The normalized spacial score (nSPS) is 10.3. The Bertz CT molecular complexity index is 1240. The van der Waals surface area contributed by atoms with Crippen molar-refractivity contribution in [1.82, 2.24) is 0 Å². The largest absolute Gasteiger partial charge is 0.478 e. The van der Waals surface area contributed by atoms with Gasteiger partial charge in [-0.1, -0.05) is 0 Å². The molecule has 178 valence electrons. The Balaban J connectivity index is 1.80. The van der Waals surface area contributed by atoms with Crippen molar-refractivity contribution in [3.05, 3.63) is 80.5 Å². The summed E-state index contributed by atoms with van der Waals surface area (Å²) in [6.07, 6.45) is 0. The van der Waals surface area contributed by atoms with Crippen LogP contribution >= 0.6 is 11.3 Å². The van der Waals surface area contributed by atoms with Crippen LogP contribution < -0.4 is 10.6 Å². The second-order valence-electron chi connectivity index (χ2n) is 6.89. The number of hydrogen-bond donors (Lipinski definition) is 6. The molecule has 0 bridgehead atoms. The van der Waals surface area contributed by atoms with Crippen LogP contribution in [0.5, 0.6) is 0 Å². The Morgan fingerprint density at radius 3 is 1.06 bits per heavy atom. The van der Waals surface area contributed by atoms with E-state index in [-0.39, 0.29) is 43.4 Å². The van der Waals surface area contributed by atoms with Crippen LogP contribution in [0.25, 0.3) is 0 Å². The molecule has 0 saturated carbocycles. The van der Waals surface area contributed by atoms with Crippen molar-refractivity contribution in [2.75, 3.05) is 10.6 Å². The zero-order valence-electron chi connectivity index (χ0n) is 17.3. The van der Waals surface area contributed by atoms with Crippen LogP contribution in [-0.2, 0) is 0 Å². The molecule has 2 amide bonds. The highest BCUT2D eigenvalue weighted by molar-refractivity contribution is 7.16. The third kappa shape index (κ3) is 5.85. The van der Waals surface area contributed by atoms with Crippen molar-refractivity contribution in [3.63, 3.8) is 0 Å². The molecule has 0 atom stereocenters. The molecule has 0 saturated heterocycles. The van der Waals surface area contributed by atoms with Gasteiger partial charge in [0.05, 0.1) is 32.0 Å². The van der Waals surface area contributed by atoms with Crippen LogP contribution in [0.2, 0.25) is 0 Å². The summed E-state index contributed by atoms with van der Waals surface area (Å²) in [6.45, 7) is 0. The number of nitrogens with one attached hydrogen (secondary N) is 2. The van der Waals surface area contributed by atoms with Gasteiger partial charge in [-0.25, -0.2) is 19.2 Å². The summed E-state index contributed by atoms with van der Waals surface area (Å²) in [7, 11) is 0. The second kappa shape index (κ2) is 9.84. The summed E-state index contributed by atoms with van der Waals surface area (Å²) in [5.41, 5.74) is -1.57. The third-order valence-corrected chi connectivity index (χ3v) is 5.51. The molecule has 12 nitrogen and oxygen atoms in total. The van der Waals surface area contributed by atoms with E-state index in [2.05, 4.69) is 10.6 Å². The van der Waals surface area contributed by atoms with Gasteiger partial charge in [-0.3, -0.25) is 9.59 Å². The molecule has 3 rings (SSSR count). The number of benzene rings is 2. The lowest BCUT2D eigenvalue weighted by molar-refractivity contribution is 0.0676. The number of amides is 2. The number of carbonyl (C=O) groups is 6. The van der Waals surface area contributed by atoms with Crippen molar-refractivity contribution in [2.45, 2.75) is 0 Å². The van der Waals surface area contributed by atoms with Crippen LogP contribution in [0.3, 0.4) is 0 Å². The molecule has 0 fully saturated rings. The summed E-state index contributed by atoms with van der Waals surface area (Å²) >= 11 is 0.740. The first-order valence-electron chi connectivity index (χ1n) is 9.40. The number of aromatic carboxylic acids is 4. The lowest BCUT2D eigenvalue weighted by Gasteiger charge is -2.07. The quantitative estimate of drug-likeness (QED) is 0.267. The van der Waals surface area contributed by atoms with Crippen molar-refractivity contribution in [2.24, 2.45) is 0 Å². The van der Waals surface area contributed by atoms with Gasteiger partial charge in [-0.15, -0.1) is 11.3 Å². The van der Waals surface area contributed by atoms with Gasteiger partial charge >= 0.3 is 23.9 Å². The molecule has 2 aromatic carbocycles. The minimum Gasteiger partial charge on any atom is -0.478 e. The summed E-state index contributed by atoms with van der Waals surface area (Å²) < 4.78 is 0. The first-order chi connectivity index (χ1) is 16.4. The molecule has 0 spiro atoms. The van der Waals surface area contributed by atoms with Crippen LogP contribution in [0.1, 0.15) is 60.8 Å². The van der Waals surface area contributed by atoms with E-state index in [0.717, 1.165) is 47.7 Å². The van der Waals surface area contributed by atoms with E-state index in [0.29, 0.717) is 0 Å². The van der Waals surface area contributed by atoms with E-state index in [1.807, 2.05) is 0 Å². The van der Waals surface area contributed by atoms with Gasteiger partial charge in [0.2, 0.25) is 0 Å². The number of hydrogen-bond acceptors (Lipinski definition) is 7. The van der Waals surface area contributed by atoms with Crippen LogP contribution in [-0.4, -0.2) is 56.1 Å². The number of carbonyl (C=O) groups excluding carboxylic acids is 2.